The van der Waals surface area contributed by atoms with Gasteiger partial charge in [-0.2, -0.15) is 0 Å². The van der Waals surface area contributed by atoms with E-state index in [1.54, 1.807) is 0 Å². The van der Waals surface area contributed by atoms with Crippen LogP contribution in [0.25, 0.3) is 0 Å². The molecule has 0 N–H and O–H groups in total. The van der Waals surface area contributed by atoms with Gasteiger partial charge in [-0.15, -0.1) is 0 Å². The van der Waals surface area contributed by atoms with Crippen molar-refractivity contribution >= 4 is 0 Å². The molecule has 160 valence electrons. The van der Waals surface area contributed by atoms with Gasteiger partial charge in [-0.25, -0.2) is 0 Å². The summed E-state index contributed by atoms with van der Waals surface area (Å²) in [5.74, 6) is 1.56. The largest absolute Gasteiger partial charge is 0.368 e. The number of hydrogen-bond donors (Lipinski definition) is 0. The average molecular weight is 387 g/mol. The van der Waals surface area contributed by atoms with Crippen molar-refractivity contribution in [2.75, 3.05) is 26.4 Å². The predicted molar refractivity (Wildman–Crippen MR) is 107 cm³/mol. The van der Waals surface area contributed by atoms with Crippen molar-refractivity contribution in [2.24, 2.45) is 11.8 Å². The molecule has 2 saturated heterocycles. The van der Waals surface area contributed by atoms with Crippen molar-refractivity contribution < 1.29 is 23.7 Å². The minimum absolute atomic E-state index is 0.0524. The van der Waals surface area contributed by atoms with Crippen LogP contribution in [-0.2, 0) is 23.7 Å². The van der Waals surface area contributed by atoms with Crippen molar-refractivity contribution in [1.29, 1.82) is 0 Å². The molecular weight excluding hydrogens is 344 g/mol. The molecule has 2 rings (SSSR count). The van der Waals surface area contributed by atoms with Crippen LogP contribution in [-0.4, -0.2) is 51.2 Å². The van der Waals surface area contributed by atoms with Crippen molar-refractivity contribution in [1.82, 2.24) is 0 Å². The number of unbranched alkanes of at least 4 members (excludes halogenated alkanes) is 4. The summed E-state index contributed by atoms with van der Waals surface area (Å²) >= 11 is 0. The Hall–Kier alpha value is -0.200. The molecule has 0 aromatic carbocycles. The second kappa shape index (κ2) is 13.1. The number of ether oxygens (including phenoxy) is 5. The van der Waals surface area contributed by atoms with E-state index in [1.807, 2.05) is 0 Å². The standard InChI is InChI=1S/C22H42O5/c1-17(2)11-7-5-9-13-23-21(19-15-25-19)27-22(20-16-26-20)24-14-10-6-8-12-18(3)4/h17-22H,5-16H2,1-4H3. The van der Waals surface area contributed by atoms with E-state index in [9.17, 15) is 0 Å². The Bertz CT molecular complexity index is 332. The molecular formula is C22H42O5. The molecule has 4 atom stereocenters. The van der Waals surface area contributed by atoms with E-state index in [2.05, 4.69) is 27.7 Å². The molecule has 5 heteroatoms. The Morgan fingerprint density at radius 2 is 1.07 bits per heavy atom. The van der Waals surface area contributed by atoms with Gasteiger partial charge in [0, 0.05) is 13.2 Å². The minimum atomic E-state index is -0.328. The summed E-state index contributed by atoms with van der Waals surface area (Å²) < 4.78 is 28.9. The van der Waals surface area contributed by atoms with Crippen LogP contribution in [0.5, 0.6) is 0 Å². The lowest BCUT2D eigenvalue weighted by Crippen LogP contribution is -2.34. The van der Waals surface area contributed by atoms with Gasteiger partial charge in [-0.3, -0.25) is 0 Å². The van der Waals surface area contributed by atoms with Crippen molar-refractivity contribution in [3.63, 3.8) is 0 Å². The van der Waals surface area contributed by atoms with Crippen LogP contribution in [0.4, 0.5) is 0 Å². The summed E-state index contributed by atoms with van der Waals surface area (Å²) in [6, 6.07) is 0. The molecule has 0 spiro atoms. The zero-order valence-electron chi connectivity index (χ0n) is 18.0. The predicted octanol–water partition coefficient (Wildman–Crippen LogP) is 4.92. The van der Waals surface area contributed by atoms with Gasteiger partial charge in [0.1, 0.15) is 12.2 Å². The molecule has 0 aromatic heterocycles. The molecule has 0 saturated carbocycles. The maximum Gasteiger partial charge on any atom is 0.189 e. The van der Waals surface area contributed by atoms with E-state index < -0.39 is 0 Å². The highest BCUT2D eigenvalue weighted by Crippen LogP contribution is 2.26. The van der Waals surface area contributed by atoms with E-state index in [-0.39, 0.29) is 24.8 Å². The summed E-state index contributed by atoms with van der Waals surface area (Å²) in [7, 11) is 0. The Balaban J connectivity index is 1.59. The van der Waals surface area contributed by atoms with Gasteiger partial charge in [0.2, 0.25) is 0 Å². The molecule has 27 heavy (non-hydrogen) atoms. The average Bonchev–Trinajstić information content (AvgIpc) is 3.49. The van der Waals surface area contributed by atoms with Crippen LogP contribution in [0.1, 0.15) is 79.1 Å². The first kappa shape index (κ1) is 23.1. The Kier molecular flexibility index (Phi) is 11.2. The number of rotatable bonds is 18. The third-order valence-corrected chi connectivity index (χ3v) is 5.01. The fraction of sp³-hybridized carbons (Fsp3) is 1.00. The first-order chi connectivity index (χ1) is 13.1. The van der Waals surface area contributed by atoms with Crippen LogP contribution in [0.2, 0.25) is 0 Å². The molecule has 2 fully saturated rings. The molecule has 0 aliphatic carbocycles. The van der Waals surface area contributed by atoms with E-state index in [1.165, 1.54) is 38.5 Å². The minimum Gasteiger partial charge on any atom is -0.368 e. The van der Waals surface area contributed by atoms with Gasteiger partial charge in [0.25, 0.3) is 0 Å². The van der Waals surface area contributed by atoms with E-state index >= 15 is 0 Å². The second-order valence-electron chi connectivity index (χ2n) is 8.84. The monoisotopic (exact) mass is 386 g/mol. The normalized spacial score (nSPS) is 23.8. The maximum atomic E-state index is 6.09. The SMILES string of the molecule is CC(C)CCCCCOC(OC(OCCCCCC(C)C)C1CO1)C1CO1. The van der Waals surface area contributed by atoms with Crippen LogP contribution < -0.4 is 0 Å². The summed E-state index contributed by atoms with van der Waals surface area (Å²) in [6.45, 7) is 12.0. The van der Waals surface area contributed by atoms with Gasteiger partial charge in [0.15, 0.2) is 12.6 Å². The Morgan fingerprint density at radius 1 is 0.667 bits per heavy atom. The van der Waals surface area contributed by atoms with E-state index in [0.717, 1.165) is 37.9 Å². The smallest absolute Gasteiger partial charge is 0.189 e. The van der Waals surface area contributed by atoms with Crippen LogP contribution >= 0.6 is 0 Å². The topological polar surface area (TPSA) is 52.8 Å². The summed E-state index contributed by atoms with van der Waals surface area (Å²) in [6.07, 6.45) is 9.12. The summed E-state index contributed by atoms with van der Waals surface area (Å²) in [5.41, 5.74) is 0. The third-order valence-electron chi connectivity index (χ3n) is 5.01. The maximum absolute atomic E-state index is 6.09. The molecule has 2 heterocycles. The zero-order chi connectivity index (χ0) is 19.5. The fourth-order valence-corrected chi connectivity index (χ4v) is 3.09. The van der Waals surface area contributed by atoms with Gasteiger partial charge < -0.3 is 23.7 Å². The highest BCUT2D eigenvalue weighted by Gasteiger charge is 2.41. The lowest BCUT2D eigenvalue weighted by molar-refractivity contribution is -0.256. The van der Waals surface area contributed by atoms with Crippen LogP contribution in [0.3, 0.4) is 0 Å². The summed E-state index contributed by atoms with van der Waals surface area (Å²) in [5, 5.41) is 0. The first-order valence-electron chi connectivity index (χ1n) is 11.2. The third kappa shape index (κ3) is 11.4. The highest BCUT2D eigenvalue weighted by molar-refractivity contribution is 4.79. The molecule has 4 unspecified atom stereocenters. The number of epoxide rings is 2. The Labute approximate surface area is 166 Å². The zero-order valence-corrected chi connectivity index (χ0v) is 18.0. The highest BCUT2D eigenvalue weighted by atomic mass is 16.8. The van der Waals surface area contributed by atoms with Crippen molar-refractivity contribution in [3.8, 4) is 0 Å². The molecule has 5 nitrogen and oxygen atoms in total. The van der Waals surface area contributed by atoms with Crippen molar-refractivity contribution in [2.45, 2.75) is 104 Å². The lowest BCUT2D eigenvalue weighted by Gasteiger charge is -2.23. The van der Waals surface area contributed by atoms with Crippen LogP contribution in [0, 0.1) is 11.8 Å². The molecule has 0 radical (unpaired) electrons. The Morgan fingerprint density at radius 3 is 1.41 bits per heavy atom. The molecule has 2 aliphatic rings. The van der Waals surface area contributed by atoms with Gasteiger partial charge in [-0.1, -0.05) is 66.2 Å². The van der Waals surface area contributed by atoms with Gasteiger partial charge in [0.05, 0.1) is 13.2 Å². The lowest BCUT2D eigenvalue weighted by atomic mass is 10.1. The first-order valence-corrected chi connectivity index (χ1v) is 11.2. The quantitative estimate of drug-likeness (QED) is 0.190. The molecule has 0 aromatic rings. The molecule has 2 aliphatic heterocycles. The molecule has 0 bridgehead atoms. The van der Waals surface area contributed by atoms with Crippen molar-refractivity contribution in [3.05, 3.63) is 0 Å². The van der Waals surface area contributed by atoms with E-state index in [0.29, 0.717) is 13.2 Å². The van der Waals surface area contributed by atoms with E-state index in [4.69, 9.17) is 23.7 Å². The van der Waals surface area contributed by atoms with Crippen LogP contribution in [0.15, 0.2) is 0 Å². The van der Waals surface area contributed by atoms with Gasteiger partial charge in [-0.05, 0) is 24.7 Å². The second-order valence-corrected chi connectivity index (χ2v) is 8.84. The van der Waals surface area contributed by atoms with Gasteiger partial charge >= 0.3 is 0 Å². The molecule has 0 amide bonds. The summed E-state index contributed by atoms with van der Waals surface area (Å²) in [4.78, 5) is 0. The fourth-order valence-electron chi connectivity index (χ4n) is 3.09. The number of hydrogen-bond acceptors (Lipinski definition) is 5.